The zero-order valence-electron chi connectivity index (χ0n) is 12.2. The highest BCUT2D eigenvalue weighted by Gasteiger charge is 2.54. The van der Waals surface area contributed by atoms with E-state index in [1.807, 2.05) is 30.3 Å². The molecule has 0 saturated carbocycles. The number of hydrogen-bond donors (Lipinski definition) is 0. The molecule has 0 unspecified atom stereocenters. The molecule has 1 aliphatic heterocycles. The number of Topliss-reactive ketones (excluding diaryl/α,β-unsaturated/α-hetero) is 1. The Labute approximate surface area is 123 Å². The van der Waals surface area contributed by atoms with Crippen LogP contribution in [0.4, 0.5) is 0 Å². The van der Waals surface area contributed by atoms with Gasteiger partial charge in [-0.25, -0.2) is 4.79 Å². The molecule has 0 radical (unpaired) electrons. The third-order valence-corrected chi connectivity index (χ3v) is 3.65. The first-order valence-corrected chi connectivity index (χ1v) is 7.07. The normalized spacial score (nSPS) is 20.9. The second-order valence-electron chi connectivity index (χ2n) is 5.05. The molecule has 21 heavy (non-hydrogen) atoms. The second kappa shape index (κ2) is 6.52. The van der Waals surface area contributed by atoms with E-state index in [0.29, 0.717) is 13.0 Å². The predicted molar refractivity (Wildman–Crippen MR) is 76.5 cm³/mol. The molecule has 1 heterocycles. The lowest BCUT2D eigenvalue weighted by molar-refractivity contribution is -0.176. The van der Waals surface area contributed by atoms with E-state index in [1.54, 1.807) is 6.92 Å². The number of hydrogen-bond acceptors (Lipinski definition) is 4. The van der Waals surface area contributed by atoms with Crippen molar-refractivity contribution in [3.63, 3.8) is 0 Å². The maximum atomic E-state index is 12.0. The van der Waals surface area contributed by atoms with Gasteiger partial charge < -0.3 is 9.64 Å². The summed E-state index contributed by atoms with van der Waals surface area (Å²) in [6.45, 7) is 3.69. The summed E-state index contributed by atoms with van der Waals surface area (Å²) in [6.07, 6.45) is 0.646. The number of likely N-dealkylation sites (tertiary alicyclic amines) is 1. The van der Waals surface area contributed by atoms with E-state index in [9.17, 15) is 14.4 Å². The van der Waals surface area contributed by atoms with Crippen LogP contribution in [0.15, 0.2) is 30.3 Å². The second-order valence-corrected chi connectivity index (χ2v) is 5.05. The third kappa shape index (κ3) is 3.12. The minimum atomic E-state index is -0.875. The Morgan fingerprint density at radius 2 is 1.90 bits per heavy atom. The Bertz CT molecular complexity index is 540. The molecule has 2 rings (SSSR count). The van der Waals surface area contributed by atoms with Gasteiger partial charge in [0.25, 0.3) is 0 Å². The number of carbonyl (C=O) groups is 3. The first kappa shape index (κ1) is 15.2. The fourth-order valence-electron chi connectivity index (χ4n) is 2.58. The zero-order chi connectivity index (χ0) is 15.4. The molecule has 1 aromatic rings. The Kier molecular flexibility index (Phi) is 4.73. The highest BCUT2D eigenvalue weighted by Crippen LogP contribution is 2.29. The molecule has 2 atom stereocenters. The van der Waals surface area contributed by atoms with Gasteiger partial charge in [0.2, 0.25) is 5.91 Å². The van der Waals surface area contributed by atoms with Gasteiger partial charge in [-0.05, 0) is 25.8 Å². The van der Waals surface area contributed by atoms with Crippen molar-refractivity contribution >= 4 is 17.7 Å². The average Bonchev–Trinajstić information content (AvgIpc) is 2.45. The van der Waals surface area contributed by atoms with Crippen molar-refractivity contribution in [1.82, 2.24) is 4.90 Å². The molecule has 5 heteroatoms. The summed E-state index contributed by atoms with van der Waals surface area (Å²) in [5.41, 5.74) is 1.08. The van der Waals surface area contributed by atoms with Crippen LogP contribution in [0.1, 0.15) is 19.4 Å². The van der Waals surface area contributed by atoms with Crippen LogP contribution in [0.25, 0.3) is 0 Å². The van der Waals surface area contributed by atoms with Crippen molar-refractivity contribution in [1.29, 1.82) is 0 Å². The predicted octanol–water partition coefficient (Wildman–Crippen LogP) is 1.21. The van der Waals surface area contributed by atoms with Crippen LogP contribution in [-0.4, -0.2) is 41.8 Å². The van der Waals surface area contributed by atoms with Crippen LogP contribution in [0.3, 0.4) is 0 Å². The highest BCUT2D eigenvalue weighted by molar-refractivity contribution is 6.11. The van der Waals surface area contributed by atoms with E-state index in [-0.39, 0.29) is 18.3 Å². The van der Waals surface area contributed by atoms with Crippen molar-refractivity contribution in [2.75, 3.05) is 13.2 Å². The topological polar surface area (TPSA) is 63.7 Å². The summed E-state index contributed by atoms with van der Waals surface area (Å²) in [5, 5.41) is 0. The van der Waals surface area contributed by atoms with Crippen molar-refractivity contribution in [2.45, 2.75) is 26.3 Å². The number of β-lactam (4-membered cyclic amide) rings is 1. The Morgan fingerprint density at radius 1 is 1.24 bits per heavy atom. The van der Waals surface area contributed by atoms with E-state index in [2.05, 4.69) is 0 Å². The van der Waals surface area contributed by atoms with E-state index >= 15 is 0 Å². The van der Waals surface area contributed by atoms with Gasteiger partial charge in [0, 0.05) is 6.54 Å². The summed E-state index contributed by atoms with van der Waals surface area (Å²) >= 11 is 0. The first-order chi connectivity index (χ1) is 10.1. The summed E-state index contributed by atoms with van der Waals surface area (Å²) < 4.78 is 4.97. The van der Waals surface area contributed by atoms with Gasteiger partial charge in [-0.3, -0.25) is 9.59 Å². The minimum Gasteiger partial charge on any atom is -0.464 e. The molecular formula is C16H19NO4. The molecule has 0 bridgehead atoms. The lowest BCUT2D eigenvalue weighted by Gasteiger charge is -2.44. The molecule has 0 N–H and O–H groups in total. The molecule has 0 aliphatic carbocycles. The van der Waals surface area contributed by atoms with Crippen molar-refractivity contribution in [3.8, 4) is 0 Å². The summed E-state index contributed by atoms with van der Waals surface area (Å²) in [4.78, 5) is 36.9. The van der Waals surface area contributed by atoms with Crippen LogP contribution >= 0.6 is 0 Å². The van der Waals surface area contributed by atoms with Gasteiger partial charge in [-0.1, -0.05) is 30.3 Å². The van der Waals surface area contributed by atoms with Crippen LogP contribution in [0.2, 0.25) is 0 Å². The van der Waals surface area contributed by atoms with Gasteiger partial charge in [-0.15, -0.1) is 0 Å². The van der Waals surface area contributed by atoms with Crippen molar-refractivity contribution in [2.24, 2.45) is 5.92 Å². The van der Waals surface area contributed by atoms with Crippen molar-refractivity contribution in [3.05, 3.63) is 35.9 Å². The Hall–Kier alpha value is -2.17. The van der Waals surface area contributed by atoms with Gasteiger partial charge in [0.1, 0.15) is 17.7 Å². The summed E-state index contributed by atoms with van der Waals surface area (Å²) in [6, 6.07) is 8.94. The monoisotopic (exact) mass is 289 g/mol. The van der Waals surface area contributed by atoms with E-state index in [4.69, 9.17) is 4.74 Å². The maximum absolute atomic E-state index is 12.0. The Morgan fingerprint density at radius 3 is 2.48 bits per heavy atom. The lowest BCUT2D eigenvalue weighted by Crippen LogP contribution is -2.67. The smallest absolute Gasteiger partial charge is 0.330 e. The fourth-order valence-corrected chi connectivity index (χ4v) is 2.58. The molecule has 0 spiro atoms. The van der Waals surface area contributed by atoms with Gasteiger partial charge in [0.05, 0.1) is 6.61 Å². The molecule has 0 aromatic heterocycles. The van der Waals surface area contributed by atoms with Crippen LogP contribution in [-0.2, 0) is 25.5 Å². The molecule has 112 valence electrons. The number of benzene rings is 1. The number of esters is 1. The van der Waals surface area contributed by atoms with Crippen LogP contribution < -0.4 is 0 Å². The molecule has 1 fully saturated rings. The minimum absolute atomic E-state index is 0.237. The van der Waals surface area contributed by atoms with Gasteiger partial charge >= 0.3 is 5.97 Å². The highest BCUT2D eigenvalue weighted by atomic mass is 16.5. The zero-order valence-corrected chi connectivity index (χ0v) is 12.2. The van der Waals surface area contributed by atoms with E-state index in [1.165, 1.54) is 11.8 Å². The lowest BCUT2D eigenvalue weighted by atomic mass is 9.84. The maximum Gasteiger partial charge on any atom is 0.330 e. The first-order valence-electron chi connectivity index (χ1n) is 7.07. The number of ether oxygens (including phenoxy) is 1. The molecular weight excluding hydrogens is 270 g/mol. The van der Waals surface area contributed by atoms with Crippen molar-refractivity contribution < 1.29 is 19.1 Å². The largest absolute Gasteiger partial charge is 0.464 e. The van der Waals surface area contributed by atoms with Gasteiger partial charge in [-0.2, -0.15) is 0 Å². The van der Waals surface area contributed by atoms with E-state index in [0.717, 1.165) is 5.56 Å². The molecule has 1 aliphatic rings. The number of amides is 1. The SMILES string of the molecule is CCOC(=O)[C@@H]1[C@@H](C(C)=O)C(=O)N1CCc1ccccc1. The number of nitrogens with zero attached hydrogens (tertiary/aromatic N) is 1. The quantitative estimate of drug-likeness (QED) is 0.448. The molecule has 1 amide bonds. The Balaban J connectivity index is 2.04. The third-order valence-electron chi connectivity index (χ3n) is 3.65. The molecule has 5 nitrogen and oxygen atoms in total. The number of ketones is 1. The fraction of sp³-hybridized carbons (Fsp3) is 0.438. The van der Waals surface area contributed by atoms with Crippen LogP contribution in [0.5, 0.6) is 0 Å². The average molecular weight is 289 g/mol. The number of carbonyl (C=O) groups excluding carboxylic acids is 3. The molecule has 1 aromatic carbocycles. The van der Waals surface area contributed by atoms with E-state index < -0.39 is 17.9 Å². The van der Waals surface area contributed by atoms with Crippen LogP contribution in [0, 0.1) is 5.92 Å². The molecule has 1 saturated heterocycles. The number of rotatable bonds is 6. The summed E-state index contributed by atoms with van der Waals surface area (Å²) in [7, 11) is 0. The summed E-state index contributed by atoms with van der Waals surface area (Å²) in [5.74, 6) is -1.93. The standard InChI is InChI=1S/C16H19NO4/c1-3-21-16(20)14-13(11(2)18)15(19)17(14)10-9-12-7-5-4-6-8-12/h4-8,13-14H,3,9-10H2,1-2H3/t13-,14+/m1/s1. The van der Waals surface area contributed by atoms with Gasteiger partial charge in [0.15, 0.2) is 0 Å².